The number of phenols is 8. The highest BCUT2D eigenvalue weighted by molar-refractivity contribution is 5.89. The molecule has 0 atom stereocenters. The number of ether oxygens (including phenoxy) is 6. The maximum Gasteiger partial charge on any atom is 0.239 e. The fraction of sp³-hybridized carbons (Fsp3) is 0.296. The third-order valence-corrected chi connectivity index (χ3v) is 11.5. The lowest BCUT2D eigenvalue weighted by atomic mass is 10.1. The predicted molar refractivity (Wildman–Crippen MR) is 278 cm³/mol. The van der Waals surface area contributed by atoms with Crippen molar-refractivity contribution in [2.45, 2.75) is 32.1 Å². The normalized spacial score (nSPS) is 11.1. The molecular weight excluding hydrogens is 1030 g/mol. The van der Waals surface area contributed by atoms with Crippen LogP contribution >= 0.6 is 0 Å². The van der Waals surface area contributed by atoms with Gasteiger partial charge in [0.25, 0.3) is 0 Å². The molecule has 10 N–H and O–H groups in total. The third-order valence-electron chi connectivity index (χ3n) is 11.5. The minimum Gasteiger partial charge on any atom is -0.508 e. The Bertz CT molecular complexity index is 3390. The lowest BCUT2D eigenvalue weighted by Crippen LogP contribution is -2.28. The van der Waals surface area contributed by atoms with Crippen molar-refractivity contribution in [3.05, 3.63) is 110 Å². The van der Waals surface area contributed by atoms with Crippen molar-refractivity contribution in [1.29, 1.82) is 0 Å². The van der Waals surface area contributed by atoms with Crippen LogP contribution in [0.1, 0.15) is 31.2 Å². The molecule has 0 unspecified atom stereocenters. The summed E-state index contributed by atoms with van der Waals surface area (Å²) in [6.07, 6.45) is 1.26. The maximum absolute atomic E-state index is 13.4. The zero-order chi connectivity index (χ0) is 55.7. The number of nitrogens with one attached hydrogen (secondary N) is 2. The van der Waals surface area contributed by atoms with Crippen molar-refractivity contribution in [2.75, 3.05) is 72.5 Å². The summed E-state index contributed by atoms with van der Waals surface area (Å²) in [4.78, 5) is 62.8. The van der Waals surface area contributed by atoms with Crippen molar-refractivity contribution < 1.29 is 87.7 Å². The number of nitrogens with zero attached hydrogens (tertiary/aromatic N) is 1. The van der Waals surface area contributed by atoms with Gasteiger partial charge in [-0.15, -0.1) is 0 Å². The predicted octanol–water partition coefficient (Wildman–Crippen LogP) is 5.93. The molecule has 412 valence electrons. The van der Waals surface area contributed by atoms with Crippen LogP contribution in [0.4, 0.5) is 0 Å². The number of carbonyl (C=O) groups is 2. The van der Waals surface area contributed by atoms with Gasteiger partial charge in [-0.25, -0.2) is 0 Å². The topological polar surface area (TPSA) is 365 Å². The van der Waals surface area contributed by atoms with Gasteiger partial charge >= 0.3 is 0 Å². The number of amides is 2. The molecule has 2 aromatic heterocycles. The number of fused-ring (bicyclic) bond motifs is 2. The summed E-state index contributed by atoms with van der Waals surface area (Å²) in [6, 6.07) is 16.8. The van der Waals surface area contributed by atoms with E-state index < -0.39 is 45.4 Å². The molecule has 5 aromatic carbocycles. The molecule has 0 fully saturated rings. The molecule has 2 amide bonds. The Labute approximate surface area is 442 Å². The maximum atomic E-state index is 13.4. The van der Waals surface area contributed by atoms with E-state index in [1.807, 2.05) is 0 Å². The summed E-state index contributed by atoms with van der Waals surface area (Å²) in [5.41, 5.74) is -0.730. The average Bonchev–Trinajstić information content (AvgIpc) is 3.56. The van der Waals surface area contributed by atoms with Crippen molar-refractivity contribution in [1.82, 2.24) is 10.6 Å². The number of aromatic hydroxyl groups is 8. The highest BCUT2D eigenvalue weighted by atomic mass is 16.5. The first-order chi connectivity index (χ1) is 37.6. The fourth-order valence-electron chi connectivity index (χ4n) is 7.76. The van der Waals surface area contributed by atoms with Gasteiger partial charge in [0.1, 0.15) is 58.2 Å². The SMILES string of the molecule is O=NCCc1ccc(OCCCC(=O)NCCOCCOc2c(-c3ccc(O)c(O)c3)oc3cc(O)cc(O)c3c2=O)c(OCCCC(=O)NCCOCCOc2c(-c3ccc(O)c(O)c3)oc3cc(O)cc(O)c3c2=O)c1. The summed E-state index contributed by atoms with van der Waals surface area (Å²) >= 11 is 0. The third kappa shape index (κ3) is 14.7. The summed E-state index contributed by atoms with van der Waals surface area (Å²) in [6.45, 7) is 0.461. The highest BCUT2D eigenvalue weighted by Crippen LogP contribution is 2.40. The largest absolute Gasteiger partial charge is 0.508 e. The Morgan fingerprint density at radius 3 is 1.42 bits per heavy atom. The van der Waals surface area contributed by atoms with Gasteiger partial charge in [-0.2, -0.15) is 4.91 Å². The molecule has 24 nitrogen and oxygen atoms in total. The second-order valence-corrected chi connectivity index (χ2v) is 17.2. The second-order valence-electron chi connectivity index (χ2n) is 17.2. The van der Waals surface area contributed by atoms with E-state index in [0.717, 1.165) is 42.0 Å². The molecular formula is C54H55N3O21. The molecule has 0 bridgehead atoms. The Morgan fingerprint density at radius 2 is 0.962 bits per heavy atom. The Morgan fingerprint density at radius 1 is 0.487 bits per heavy atom. The smallest absolute Gasteiger partial charge is 0.239 e. The highest BCUT2D eigenvalue weighted by Gasteiger charge is 2.24. The lowest BCUT2D eigenvalue weighted by Gasteiger charge is -2.14. The van der Waals surface area contributed by atoms with Gasteiger partial charge in [0.15, 0.2) is 46.0 Å². The standard InChI is InChI=1S/C54H55N3O21/c58-33-26-39(64)47-43(28-33)77-51(31-6-8-35(60)37(62)24-31)53(49(47)68)75-21-19-71-17-13-55-45(66)3-1-15-73-41-10-5-30(11-12-57-70)23-42(41)74-16-2-4-46(67)56-14-18-72-20-22-76-54-50(69)48-40(65)27-34(59)29-44(48)78-52(54)32-7-9-36(61)38(63)25-32/h5-10,23-29,58-65H,1-4,11-22H2,(H,55,66)(H,56,67). The lowest BCUT2D eigenvalue weighted by molar-refractivity contribution is -0.122. The molecule has 0 spiro atoms. The van der Waals surface area contributed by atoms with Crippen LogP contribution in [0.15, 0.2) is 102 Å². The summed E-state index contributed by atoms with van der Waals surface area (Å²) < 4.78 is 46.1. The number of benzene rings is 5. The van der Waals surface area contributed by atoms with E-state index in [9.17, 15) is 64.9 Å². The first-order valence-corrected chi connectivity index (χ1v) is 24.3. The fourth-order valence-corrected chi connectivity index (χ4v) is 7.76. The first kappa shape index (κ1) is 56.3. The van der Waals surface area contributed by atoms with E-state index in [1.54, 1.807) is 18.2 Å². The molecule has 0 saturated carbocycles. The Hall–Kier alpha value is -9.42. The molecule has 7 rings (SSSR count). The molecule has 2 heterocycles. The van der Waals surface area contributed by atoms with E-state index in [-0.39, 0.29) is 165 Å². The van der Waals surface area contributed by atoms with Gasteiger partial charge < -0.3 is 88.7 Å². The van der Waals surface area contributed by atoms with E-state index >= 15 is 0 Å². The van der Waals surface area contributed by atoms with Crippen LogP contribution in [0.2, 0.25) is 0 Å². The quantitative estimate of drug-likeness (QED) is 0.0148. The number of phenolic OH excluding ortho intramolecular Hbond substituents is 8. The average molecular weight is 1080 g/mol. The molecule has 0 saturated heterocycles. The monoisotopic (exact) mass is 1080 g/mol. The Balaban J connectivity index is 0.787. The molecule has 78 heavy (non-hydrogen) atoms. The summed E-state index contributed by atoms with van der Waals surface area (Å²) in [5.74, 6) is -4.30. The zero-order valence-corrected chi connectivity index (χ0v) is 41.7. The number of hydrogen-bond donors (Lipinski definition) is 10. The number of carbonyl (C=O) groups excluding carboxylic acids is 2. The van der Waals surface area contributed by atoms with Crippen LogP contribution in [0.25, 0.3) is 44.6 Å². The van der Waals surface area contributed by atoms with Crippen LogP contribution in [0, 0.1) is 4.91 Å². The van der Waals surface area contributed by atoms with Crippen molar-refractivity contribution in [3.63, 3.8) is 0 Å². The second kappa shape index (κ2) is 26.9. The molecule has 24 heteroatoms. The van der Waals surface area contributed by atoms with Gasteiger partial charge in [0, 0.05) is 61.3 Å². The van der Waals surface area contributed by atoms with Gasteiger partial charge in [-0.1, -0.05) is 11.2 Å². The van der Waals surface area contributed by atoms with E-state index in [0.29, 0.717) is 30.8 Å². The van der Waals surface area contributed by atoms with Gasteiger partial charge in [0.2, 0.25) is 34.2 Å². The minimum atomic E-state index is -0.762. The molecule has 0 aliphatic rings. The number of hydrogen-bond acceptors (Lipinski definition) is 22. The van der Waals surface area contributed by atoms with Crippen LogP contribution in [0.5, 0.6) is 69.0 Å². The first-order valence-electron chi connectivity index (χ1n) is 24.3. The van der Waals surface area contributed by atoms with Gasteiger partial charge in [-0.3, -0.25) is 19.2 Å². The van der Waals surface area contributed by atoms with Crippen LogP contribution in [-0.4, -0.2) is 125 Å². The van der Waals surface area contributed by atoms with Gasteiger partial charge in [0.05, 0.1) is 46.2 Å². The van der Waals surface area contributed by atoms with E-state index in [1.165, 1.54) is 24.3 Å². The van der Waals surface area contributed by atoms with Crippen LogP contribution in [0.3, 0.4) is 0 Å². The number of nitroso groups, excluding NO2 is 1. The molecule has 0 radical (unpaired) electrons. The molecule has 0 aliphatic carbocycles. The van der Waals surface area contributed by atoms with Crippen LogP contribution < -0.4 is 40.4 Å². The Kier molecular flexibility index (Phi) is 19.4. The minimum absolute atomic E-state index is 0.0244. The zero-order valence-electron chi connectivity index (χ0n) is 41.7. The van der Waals surface area contributed by atoms with Crippen molar-refractivity contribution in [2.24, 2.45) is 5.18 Å². The van der Waals surface area contributed by atoms with Gasteiger partial charge in [-0.05, 0) is 73.4 Å². The number of rotatable bonds is 29. The van der Waals surface area contributed by atoms with Crippen molar-refractivity contribution in [3.8, 4) is 91.6 Å². The summed E-state index contributed by atoms with van der Waals surface area (Å²) in [5, 5.41) is 88.2. The van der Waals surface area contributed by atoms with Crippen molar-refractivity contribution >= 4 is 33.8 Å². The van der Waals surface area contributed by atoms with E-state index in [2.05, 4.69) is 15.8 Å². The summed E-state index contributed by atoms with van der Waals surface area (Å²) in [7, 11) is 0. The molecule has 7 aromatic rings. The van der Waals surface area contributed by atoms with Crippen LogP contribution in [-0.2, 0) is 25.5 Å². The van der Waals surface area contributed by atoms with E-state index in [4.69, 9.17) is 37.3 Å². The molecule has 0 aliphatic heterocycles.